The summed E-state index contributed by atoms with van der Waals surface area (Å²) in [7, 11) is 0. The van der Waals surface area contributed by atoms with E-state index in [2.05, 4.69) is 12.1 Å². The molecule has 0 fully saturated rings. The highest BCUT2D eigenvalue weighted by molar-refractivity contribution is 6.09. The predicted molar refractivity (Wildman–Crippen MR) is 87.8 cm³/mol. The minimum Gasteiger partial charge on any atom is -0.505 e. The molecule has 0 aliphatic carbocycles. The molecule has 0 radical (unpaired) electrons. The summed E-state index contributed by atoms with van der Waals surface area (Å²) in [6, 6.07) is 21.3. The maximum absolute atomic E-state index is 11.1. The van der Waals surface area contributed by atoms with Gasteiger partial charge in [-0.15, -0.1) is 0 Å². The number of aldehydes is 1. The van der Waals surface area contributed by atoms with Crippen molar-refractivity contribution < 1.29 is 9.90 Å². The molecule has 0 saturated heterocycles. The second-order valence-electron chi connectivity index (χ2n) is 5.20. The molecular formula is C19H13NO2. The summed E-state index contributed by atoms with van der Waals surface area (Å²) in [5, 5.41) is 12.7. The SMILES string of the molecule is O=Cc1cccc(-n2c3ccccc3c3ccccc32)c1O. The molecule has 0 bridgehead atoms. The van der Waals surface area contributed by atoms with Crippen molar-refractivity contribution in [3.63, 3.8) is 0 Å². The van der Waals surface area contributed by atoms with E-state index in [1.165, 1.54) is 0 Å². The first-order valence-corrected chi connectivity index (χ1v) is 7.07. The molecule has 0 amide bonds. The minimum atomic E-state index is 0.00371. The van der Waals surface area contributed by atoms with Gasteiger partial charge < -0.3 is 9.67 Å². The molecule has 0 atom stereocenters. The van der Waals surface area contributed by atoms with Crippen LogP contribution in [-0.2, 0) is 0 Å². The highest BCUT2D eigenvalue weighted by Gasteiger charge is 2.15. The molecule has 0 aliphatic heterocycles. The minimum absolute atomic E-state index is 0.00371. The van der Waals surface area contributed by atoms with Crippen LogP contribution in [0.2, 0.25) is 0 Å². The Morgan fingerprint density at radius 3 is 1.95 bits per heavy atom. The van der Waals surface area contributed by atoms with Crippen molar-refractivity contribution in [2.45, 2.75) is 0 Å². The molecule has 3 heteroatoms. The first-order chi connectivity index (χ1) is 10.8. The number of hydrogen-bond donors (Lipinski definition) is 1. The average molecular weight is 287 g/mol. The van der Waals surface area contributed by atoms with Gasteiger partial charge in [-0.05, 0) is 24.3 Å². The van der Waals surface area contributed by atoms with E-state index in [0.717, 1.165) is 21.8 Å². The number of para-hydroxylation sites is 3. The fraction of sp³-hybridized carbons (Fsp3) is 0. The first-order valence-electron chi connectivity index (χ1n) is 7.07. The van der Waals surface area contributed by atoms with Crippen molar-refractivity contribution in [2.75, 3.05) is 0 Å². The van der Waals surface area contributed by atoms with Gasteiger partial charge in [-0.25, -0.2) is 0 Å². The maximum atomic E-state index is 11.1. The second-order valence-corrected chi connectivity index (χ2v) is 5.20. The molecule has 0 spiro atoms. The molecule has 106 valence electrons. The largest absolute Gasteiger partial charge is 0.505 e. The van der Waals surface area contributed by atoms with E-state index in [0.29, 0.717) is 17.5 Å². The van der Waals surface area contributed by atoms with Crippen molar-refractivity contribution >= 4 is 28.1 Å². The fourth-order valence-electron chi connectivity index (χ4n) is 3.01. The number of benzene rings is 3. The van der Waals surface area contributed by atoms with Crippen molar-refractivity contribution in [3.05, 3.63) is 72.3 Å². The lowest BCUT2D eigenvalue weighted by Crippen LogP contribution is -1.96. The lowest BCUT2D eigenvalue weighted by molar-refractivity contribution is 0.112. The van der Waals surface area contributed by atoms with Crippen LogP contribution in [0.3, 0.4) is 0 Å². The Morgan fingerprint density at radius 1 is 0.773 bits per heavy atom. The number of carbonyl (C=O) groups is 1. The quantitative estimate of drug-likeness (QED) is 0.558. The van der Waals surface area contributed by atoms with E-state index >= 15 is 0 Å². The highest BCUT2D eigenvalue weighted by Crippen LogP contribution is 2.35. The van der Waals surface area contributed by atoms with Crippen LogP contribution < -0.4 is 0 Å². The number of aromatic hydroxyl groups is 1. The van der Waals surface area contributed by atoms with Gasteiger partial charge in [0.05, 0.1) is 22.3 Å². The van der Waals surface area contributed by atoms with Gasteiger partial charge in [0, 0.05) is 10.8 Å². The van der Waals surface area contributed by atoms with Crippen molar-refractivity contribution in [2.24, 2.45) is 0 Å². The van der Waals surface area contributed by atoms with Crippen LogP contribution in [0.1, 0.15) is 10.4 Å². The van der Waals surface area contributed by atoms with Gasteiger partial charge in [-0.3, -0.25) is 4.79 Å². The molecule has 1 N–H and O–H groups in total. The summed E-state index contributed by atoms with van der Waals surface area (Å²) >= 11 is 0. The van der Waals surface area contributed by atoms with Gasteiger partial charge in [-0.1, -0.05) is 42.5 Å². The number of phenolic OH excluding ortho intramolecular Hbond substituents is 1. The third-order valence-corrected chi connectivity index (χ3v) is 3.99. The Hall–Kier alpha value is -3.07. The Morgan fingerprint density at radius 2 is 1.36 bits per heavy atom. The van der Waals surface area contributed by atoms with Crippen molar-refractivity contribution in [1.29, 1.82) is 0 Å². The number of rotatable bonds is 2. The lowest BCUT2D eigenvalue weighted by atomic mass is 10.2. The van der Waals surface area contributed by atoms with Crippen LogP contribution in [0.5, 0.6) is 5.75 Å². The molecule has 0 saturated carbocycles. The standard InChI is InChI=1S/C19H13NO2/c21-12-13-6-5-11-18(19(13)22)20-16-9-3-1-7-14(16)15-8-2-4-10-17(15)20/h1-12,22H. The Labute approximate surface area is 127 Å². The first kappa shape index (κ1) is 12.7. The van der Waals surface area contributed by atoms with Crippen LogP contribution >= 0.6 is 0 Å². The Bertz CT molecular complexity index is 961. The number of phenols is 1. The second kappa shape index (κ2) is 4.74. The zero-order chi connectivity index (χ0) is 15.1. The maximum Gasteiger partial charge on any atom is 0.153 e. The topological polar surface area (TPSA) is 42.2 Å². The third-order valence-electron chi connectivity index (χ3n) is 3.99. The Kier molecular flexibility index (Phi) is 2.73. The average Bonchev–Trinajstić information content (AvgIpc) is 2.90. The van der Waals surface area contributed by atoms with Gasteiger partial charge in [0.1, 0.15) is 5.75 Å². The molecule has 0 unspecified atom stereocenters. The van der Waals surface area contributed by atoms with E-state index < -0.39 is 0 Å². The van der Waals surface area contributed by atoms with E-state index in [-0.39, 0.29) is 5.75 Å². The lowest BCUT2D eigenvalue weighted by Gasteiger charge is -2.10. The van der Waals surface area contributed by atoms with Gasteiger partial charge in [0.25, 0.3) is 0 Å². The fourth-order valence-corrected chi connectivity index (χ4v) is 3.01. The number of aromatic nitrogens is 1. The van der Waals surface area contributed by atoms with Crippen LogP contribution in [0.15, 0.2) is 66.7 Å². The predicted octanol–water partition coefficient (Wildman–Crippen LogP) is 4.30. The van der Waals surface area contributed by atoms with E-state index in [1.807, 2.05) is 47.0 Å². The normalized spacial score (nSPS) is 11.1. The van der Waals surface area contributed by atoms with Gasteiger partial charge >= 0.3 is 0 Å². The van der Waals surface area contributed by atoms with Crippen LogP contribution in [0.4, 0.5) is 0 Å². The van der Waals surface area contributed by atoms with E-state index in [9.17, 15) is 9.90 Å². The molecular weight excluding hydrogens is 274 g/mol. The summed E-state index contributed by atoms with van der Waals surface area (Å²) < 4.78 is 1.99. The van der Waals surface area contributed by atoms with E-state index in [4.69, 9.17) is 0 Å². The third kappa shape index (κ3) is 1.66. The Balaban J connectivity index is 2.20. The summed E-state index contributed by atoms with van der Waals surface area (Å²) in [6.45, 7) is 0. The molecule has 4 aromatic rings. The highest BCUT2D eigenvalue weighted by atomic mass is 16.3. The molecule has 3 aromatic carbocycles. The molecule has 0 aliphatic rings. The monoisotopic (exact) mass is 287 g/mol. The number of nitrogens with zero attached hydrogens (tertiary/aromatic N) is 1. The molecule has 1 heterocycles. The summed E-state index contributed by atoms with van der Waals surface area (Å²) in [4.78, 5) is 11.1. The zero-order valence-corrected chi connectivity index (χ0v) is 11.7. The summed E-state index contributed by atoms with van der Waals surface area (Å²) in [5.41, 5.74) is 2.91. The van der Waals surface area contributed by atoms with Crippen LogP contribution in [0.25, 0.3) is 27.5 Å². The van der Waals surface area contributed by atoms with Gasteiger partial charge in [0.15, 0.2) is 6.29 Å². The van der Waals surface area contributed by atoms with Gasteiger partial charge in [-0.2, -0.15) is 0 Å². The van der Waals surface area contributed by atoms with Crippen LogP contribution in [-0.4, -0.2) is 16.0 Å². The summed E-state index contributed by atoms with van der Waals surface area (Å²) in [6.07, 6.45) is 0.673. The molecule has 1 aromatic heterocycles. The number of hydrogen-bond acceptors (Lipinski definition) is 2. The van der Waals surface area contributed by atoms with E-state index in [1.54, 1.807) is 12.1 Å². The van der Waals surface area contributed by atoms with Crippen LogP contribution in [0, 0.1) is 0 Å². The number of fused-ring (bicyclic) bond motifs is 3. The summed E-state index contributed by atoms with van der Waals surface area (Å²) in [5.74, 6) is 0.00371. The molecule has 3 nitrogen and oxygen atoms in total. The van der Waals surface area contributed by atoms with Crippen molar-refractivity contribution in [1.82, 2.24) is 4.57 Å². The smallest absolute Gasteiger partial charge is 0.153 e. The zero-order valence-electron chi connectivity index (χ0n) is 11.7. The molecule has 4 rings (SSSR count). The van der Waals surface area contributed by atoms with Gasteiger partial charge in [0.2, 0.25) is 0 Å². The molecule has 22 heavy (non-hydrogen) atoms. The van der Waals surface area contributed by atoms with Crippen molar-refractivity contribution in [3.8, 4) is 11.4 Å². The number of carbonyl (C=O) groups excluding carboxylic acids is 1.